The minimum atomic E-state index is -0.959. The number of hydrogen-bond donors (Lipinski definition) is 2. The Hall–Kier alpha value is -2.04. The minimum absolute atomic E-state index is 0.0520. The van der Waals surface area contributed by atoms with Crippen LogP contribution in [0.2, 0.25) is 0 Å². The van der Waals surface area contributed by atoms with Crippen LogP contribution in [0.15, 0.2) is 18.2 Å². The zero-order valence-corrected chi connectivity index (χ0v) is 12.4. The number of phenols is 1. The number of nitrogens with zero attached hydrogens (tertiary/aromatic N) is 1. The molecule has 2 rings (SSSR count). The maximum Gasteiger partial charge on any atom is 0.326 e. The predicted octanol–water partition coefficient (Wildman–Crippen LogP) is 2.42. The molecule has 1 aliphatic heterocycles. The summed E-state index contributed by atoms with van der Waals surface area (Å²) >= 11 is 0. The summed E-state index contributed by atoms with van der Waals surface area (Å²) in [7, 11) is 0. The Morgan fingerprint density at radius 1 is 1.38 bits per heavy atom. The number of phenolic OH excluding ortho intramolecular Hbond substituents is 1. The molecule has 21 heavy (non-hydrogen) atoms. The van der Waals surface area contributed by atoms with E-state index in [2.05, 4.69) is 0 Å². The Labute approximate surface area is 124 Å². The van der Waals surface area contributed by atoms with Gasteiger partial charge in [-0.1, -0.05) is 19.4 Å². The average molecular weight is 291 g/mol. The van der Waals surface area contributed by atoms with Crippen molar-refractivity contribution in [1.82, 2.24) is 4.90 Å². The Balaban J connectivity index is 2.28. The standard InChI is InChI=1S/C16H21NO4/c1-3-11-7-8-17(13(9-11)16(20)21)15(19)12-5-4-6-14(18)10(12)2/h4-6,11,13,18H,3,7-9H2,1-2H3,(H,20,21). The third-order valence-corrected chi connectivity index (χ3v) is 4.37. The van der Waals surface area contributed by atoms with Crippen LogP contribution < -0.4 is 0 Å². The SMILES string of the molecule is CCC1CCN(C(=O)c2cccc(O)c2C)C(C(=O)O)C1. The molecular weight excluding hydrogens is 270 g/mol. The van der Waals surface area contributed by atoms with Gasteiger partial charge in [-0.15, -0.1) is 0 Å². The molecule has 0 aromatic heterocycles. The molecule has 5 nitrogen and oxygen atoms in total. The molecule has 114 valence electrons. The van der Waals surface area contributed by atoms with E-state index in [0.29, 0.717) is 30.0 Å². The van der Waals surface area contributed by atoms with Crippen molar-refractivity contribution in [3.63, 3.8) is 0 Å². The molecule has 0 saturated carbocycles. The number of benzene rings is 1. The van der Waals surface area contributed by atoms with Gasteiger partial charge in [0.05, 0.1) is 0 Å². The normalized spacial score (nSPS) is 22.1. The smallest absolute Gasteiger partial charge is 0.326 e. The molecule has 2 N–H and O–H groups in total. The first kappa shape index (κ1) is 15.4. The molecule has 1 amide bonds. The van der Waals surface area contributed by atoms with E-state index in [-0.39, 0.29) is 11.7 Å². The molecule has 1 fully saturated rings. The van der Waals surface area contributed by atoms with Gasteiger partial charge in [0.25, 0.3) is 5.91 Å². The number of carboxylic acids is 1. The number of aromatic hydroxyl groups is 1. The first-order chi connectivity index (χ1) is 9.95. The molecule has 1 heterocycles. The van der Waals surface area contributed by atoms with Crippen LogP contribution in [0.5, 0.6) is 5.75 Å². The lowest BCUT2D eigenvalue weighted by atomic mass is 9.88. The van der Waals surface area contributed by atoms with Gasteiger partial charge in [-0.3, -0.25) is 4.79 Å². The van der Waals surface area contributed by atoms with Crippen molar-refractivity contribution >= 4 is 11.9 Å². The first-order valence-corrected chi connectivity index (χ1v) is 7.28. The number of carboxylic acid groups (broad SMARTS) is 1. The number of hydrogen-bond acceptors (Lipinski definition) is 3. The van der Waals surface area contributed by atoms with Crippen LogP contribution in [0.4, 0.5) is 0 Å². The van der Waals surface area contributed by atoms with Crippen molar-refractivity contribution in [3.8, 4) is 5.75 Å². The van der Waals surface area contributed by atoms with Crippen molar-refractivity contribution in [3.05, 3.63) is 29.3 Å². The first-order valence-electron chi connectivity index (χ1n) is 7.28. The highest BCUT2D eigenvalue weighted by atomic mass is 16.4. The summed E-state index contributed by atoms with van der Waals surface area (Å²) < 4.78 is 0. The van der Waals surface area contributed by atoms with E-state index in [9.17, 15) is 19.8 Å². The van der Waals surface area contributed by atoms with E-state index in [1.54, 1.807) is 19.1 Å². The summed E-state index contributed by atoms with van der Waals surface area (Å²) in [4.78, 5) is 25.5. The number of carbonyl (C=O) groups excluding carboxylic acids is 1. The molecule has 0 spiro atoms. The Kier molecular flexibility index (Phi) is 4.50. The van der Waals surface area contributed by atoms with Crippen molar-refractivity contribution in [2.75, 3.05) is 6.54 Å². The van der Waals surface area contributed by atoms with Gasteiger partial charge in [-0.05, 0) is 37.8 Å². The van der Waals surface area contributed by atoms with Gasteiger partial charge >= 0.3 is 5.97 Å². The van der Waals surface area contributed by atoms with Crippen LogP contribution in [-0.2, 0) is 4.79 Å². The average Bonchev–Trinajstić information content (AvgIpc) is 2.48. The molecule has 1 saturated heterocycles. The van der Waals surface area contributed by atoms with Crippen LogP contribution in [0.3, 0.4) is 0 Å². The van der Waals surface area contributed by atoms with Gasteiger partial charge in [0.15, 0.2) is 0 Å². The second-order valence-electron chi connectivity index (χ2n) is 5.60. The summed E-state index contributed by atoms with van der Waals surface area (Å²) in [5.74, 6) is -0.874. The molecule has 1 aliphatic rings. The van der Waals surface area contributed by atoms with Crippen molar-refractivity contribution in [2.24, 2.45) is 5.92 Å². The van der Waals surface area contributed by atoms with Gasteiger partial charge in [0.2, 0.25) is 0 Å². The van der Waals surface area contributed by atoms with Crippen LogP contribution in [0.1, 0.15) is 42.1 Å². The highest BCUT2D eigenvalue weighted by molar-refractivity contribution is 5.98. The van der Waals surface area contributed by atoms with E-state index in [1.165, 1.54) is 11.0 Å². The van der Waals surface area contributed by atoms with Crippen LogP contribution in [-0.4, -0.2) is 39.6 Å². The zero-order chi connectivity index (χ0) is 15.6. The van der Waals surface area contributed by atoms with Gasteiger partial charge in [0, 0.05) is 17.7 Å². The summed E-state index contributed by atoms with van der Waals surface area (Å²) in [6.45, 7) is 4.15. The van der Waals surface area contributed by atoms with E-state index < -0.39 is 12.0 Å². The molecule has 5 heteroatoms. The molecule has 2 atom stereocenters. The minimum Gasteiger partial charge on any atom is -0.508 e. The highest BCUT2D eigenvalue weighted by Crippen LogP contribution is 2.28. The largest absolute Gasteiger partial charge is 0.508 e. The summed E-state index contributed by atoms with van der Waals surface area (Å²) in [6, 6.07) is 3.97. The molecule has 0 aliphatic carbocycles. The van der Waals surface area contributed by atoms with Crippen molar-refractivity contribution in [2.45, 2.75) is 39.2 Å². The zero-order valence-electron chi connectivity index (χ0n) is 12.4. The summed E-state index contributed by atoms with van der Waals surface area (Å²) in [5.41, 5.74) is 0.862. The molecule has 1 aromatic carbocycles. The lowest BCUT2D eigenvalue weighted by molar-refractivity contribution is -0.144. The fourth-order valence-corrected chi connectivity index (χ4v) is 2.90. The Morgan fingerprint density at radius 3 is 2.71 bits per heavy atom. The lowest BCUT2D eigenvalue weighted by Crippen LogP contribution is -2.50. The Bertz CT molecular complexity index is 555. The summed E-state index contributed by atoms with van der Waals surface area (Å²) in [6.07, 6.45) is 2.25. The number of carbonyl (C=O) groups is 2. The fraction of sp³-hybridized carbons (Fsp3) is 0.500. The molecule has 0 radical (unpaired) electrons. The highest BCUT2D eigenvalue weighted by Gasteiger charge is 2.36. The molecule has 2 unspecified atom stereocenters. The second kappa shape index (κ2) is 6.16. The van der Waals surface area contributed by atoms with Gasteiger partial charge in [0.1, 0.15) is 11.8 Å². The Morgan fingerprint density at radius 2 is 2.10 bits per heavy atom. The topological polar surface area (TPSA) is 77.8 Å². The third-order valence-electron chi connectivity index (χ3n) is 4.37. The van der Waals surface area contributed by atoms with Crippen LogP contribution >= 0.6 is 0 Å². The lowest BCUT2D eigenvalue weighted by Gasteiger charge is -2.37. The van der Waals surface area contributed by atoms with Gasteiger partial charge in [-0.2, -0.15) is 0 Å². The maximum atomic E-state index is 12.6. The van der Waals surface area contributed by atoms with E-state index in [1.807, 2.05) is 6.92 Å². The summed E-state index contributed by atoms with van der Waals surface area (Å²) in [5, 5.41) is 19.1. The maximum absolute atomic E-state index is 12.6. The predicted molar refractivity (Wildman–Crippen MR) is 78.3 cm³/mol. The van der Waals surface area contributed by atoms with Crippen LogP contribution in [0, 0.1) is 12.8 Å². The van der Waals surface area contributed by atoms with Gasteiger partial charge in [-0.25, -0.2) is 4.79 Å². The van der Waals surface area contributed by atoms with E-state index >= 15 is 0 Å². The third kappa shape index (κ3) is 3.01. The number of amides is 1. The van der Waals surface area contributed by atoms with Crippen LogP contribution in [0.25, 0.3) is 0 Å². The quantitative estimate of drug-likeness (QED) is 0.896. The van der Waals surface area contributed by atoms with E-state index in [4.69, 9.17) is 0 Å². The second-order valence-corrected chi connectivity index (χ2v) is 5.60. The number of rotatable bonds is 3. The van der Waals surface area contributed by atoms with E-state index in [0.717, 1.165) is 12.8 Å². The monoisotopic (exact) mass is 291 g/mol. The molecule has 1 aromatic rings. The van der Waals surface area contributed by atoms with Crippen molar-refractivity contribution in [1.29, 1.82) is 0 Å². The molecular formula is C16H21NO4. The number of likely N-dealkylation sites (tertiary alicyclic amines) is 1. The molecule has 0 bridgehead atoms. The van der Waals surface area contributed by atoms with Crippen molar-refractivity contribution < 1.29 is 19.8 Å². The fourth-order valence-electron chi connectivity index (χ4n) is 2.90. The number of piperidine rings is 1. The van der Waals surface area contributed by atoms with Gasteiger partial charge < -0.3 is 15.1 Å². The number of aliphatic carboxylic acids is 1.